The molecule has 0 aliphatic carbocycles. The van der Waals surface area contributed by atoms with Gasteiger partial charge in [-0.2, -0.15) is 0 Å². The van der Waals surface area contributed by atoms with Crippen molar-refractivity contribution in [3.8, 4) is 5.75 Å². The molecular formula is C13H19NO2. The first kappa shape index (κ1) is 11.4. The maximum Gasteiger partial charge on any atom is 0.199 e. The molecule has 0 amide bonds. The number of hydrogen-bond acceptors (Lipinski definition) is 3. The highest BCUT2D eigenvalue weighted by Gasteiger charge is 2.14. The summed E-state index contributed by atoms with van der Waals surface area (Å²) in [6, 6.07) is 7.99. The van der Waals surface area contributed by atoms with E-state index in [0.717, 1.165) is 30.8 Å². The molecule has 1 aromatic carbocycles. The Bertz CT molecular complexity index is 315. The SMILES string of the molecule is CC(N)c1ccc(OC2CCCCO2)cc1. The maximum absolute atomic E-state index is 5.78. The lowest BCUT2D eigenvalue weighted by atomic mass is 10.1. The van der Waals surface area contributed by atoms with E-state index in [1.54, 1.807) is 0 Å². The third-order valence-corrected chi connectivity index (χ3v) is 2.81. The quantitative estimate of drug-likeness (QED) is 0.853. The lowest BCUT2D eigenvalue weighted by molar-refractivity contribution is -0.105. The van der Waals surface area contributed by atoms with Crippen LogP contribution in [0.5, 0.6) is 5.75 Å². The second-order valence-corrected chi connectivity index (χ2v) is 4.27. The van der Waals surface area contributed by atoms with Crippen LogP contribution in [-0.2, 0) is 4.74 Å². The molecule has 2 N–H and O–H groups in total. The van der Waals surface area contributed by atoms with Crippen LogP contribution >= 0.6 is 0 Å². The summed E-state index contributed by atoms with van der Waals surface area (Å²) >= 11 is 0. The van der Waals surface area contributed by atoms with Crippen LogP contribution in [0.2, 0.25) is 0 Å². The summed E-state index contributed by atoms with van der Waals surface area (Å²) in [5, 5.41) is 0. The fourth-order valence-corrected chi connectivity index (χ4v) is 1.81. The van der Waals surface area contributed by atoms with Gasteiger partial charge in [-0.25, -0.2) is 0 Å². The average molecular weight is 221 g/mol. The molecule has 1 aromatic rings. The summed E-state index contributed by atoms with van der Waals surface area (Å²) in [6.45, 7) is 2.78. The lowest BCUT2D eigenvalue weighted by Crippen LogP contribution is -2.24. The Hall–Kier alpha value is -1.06. The Labute approximate surface area is 96.5 Å². The monoisotopic (exact) mass is 221 g/mol. The molecule has 2 atom stereocenters. The van der Waals surface area contributed by atoms with Gasteiger partial charge in [0.2, 0.25) is 0 Å². The van der Waals surface area contributed by atoms with Crippen molar-refractivity contribution in [3.05, 3.63) is 29.8 Å². The molecule has 88 valence electrons. The van der Waals surface area contributed by atoms with E-state index in [1.807, 2.05) is 31.2 Å². The van der Waals surface area contributed by atoms with E-state index >= 15 is 0 Å². The summed E-state index contributed by atoms with van der Waals surface area (Å²) in [4.78, 5) is 0. The molecule has 0 radical (unpaired) electrons. The van der Waals surface area contributed by atoms with E-state index in [2.05, 4.69) is 0 Å². The van der Waals surface area contributed by atoms with E-state index in [0.29, 0.717) is 0 Å². The highest BCUT2D eigenvalue weighted by molar-refractivity contribution is 5.28. The van der Waals surface area contributed by atoms with E-state index in [9.17, 15) is 0 Å². The van der Waals surface area contributed by atoms with Crippen LogP contribution in [0.1, 0.15) is 37.8 Å². The normalized spacial score (nSPS) is 22.8. The third kappa shape index (κ3) is 2.97. The van der Waals surface area contributed by atoms with E-state index in [1.165, 1.54) is 6.42 Å². The minimum absolute atomic E-state index is 0.0694. The van der Waals surface area contributed by atoms with Gasteiger partial charge in [0.15, 0.2) is 6.29 Å². The van der Waals surface area contributed by atoms with Gasteiger partial charge in [-0.05, 0) is 37.5 Å². The molecule has 0 aromatic heterocycles. The smallest absolute Gasteiger partial charge is 0.199 e. The van der Waals surface area contributed by atoms with E-state index in [-0.39, 0.29) is 12.3 Å². The van der Waals surface area contributed by atoms with Crippen molar-refractivity contribution in [3.63, 3.8) is 0 Å². The maximum atomic E-state index is 5.78. The standard InChI is InChI=1S/C13H19NO2/c1-10(14)11-5-7-12(8-6-11)16-13-4-2-3-9-15-13/h5-8,10,13H,2-4,9,14H2,1H3. The topological polar surface area (TPSA) is 44.5 Å². The molecule has 2 unspecified atom stereocenters. The molecule has 1 saturated heterocycles. The first-order valence-corrected chi connectivity index (χ1v) is 5.89. The van der Waals surface area contributed by atoms with Crippen LogP contribution in [0.3, 0.4) is 0 Å². The number of ether oxygens (including phenoxy) is 2. The Balaban J connectivity index is 1.93. The van der Waals surface area contributed by atoms with Crippen molar-refractivity contribution >= 4 is 0 Å². The number of nitrogens with two attached hydrogens (primary N) is 1. The minimum Gasteiger partial charge on any atom is -0.465 e. The van der Waals surface area contributed by atoms with Crippen molar-refractivity contribution in [2.45, 2.75) is 38.5 Å². The van der Waals surface area contributed by atoms with Gasteiger partial charge in [0, 0.05) is 12.5 Å². The molecule has 3 heteroatoms. The fraction of sp³-hybridized carbons (Fsp3) is 0.538. The Kier molecular flexibility index (Phi) is 3.80. The highest BCUT2D eigenvalue weighted by atomic mass is 16.7. The van der Waals surface area contributed by atoms with Gasteiger partial charge in [-0.15, -0.1) is 0 Å². The van der Waals surface area contributed by atoms with Crippen LogP contribution in [0.25, 0.3) is 0 Å². The van der Waals surface area contributed by atoms with Crippen LogP contribution in [0.15, 0.2) is 24.3 Å². The van der Waals surface area contributed by atoms with Gasteiger partial charge in [0.1, 0.15) is 5.75 Å². The number of rotatable bonds is 3. The fourth-order valence-electron chi connectivity index (χ4n) is 1.81. The molecule has 0 saturated carbocycles. The highest BCUT2D eigenvalue weighted by Crippen LogP contribution is 2.20. The van der Waals surface area contributed by atoms with Gasteiger partial charge in [-0.1, -0.05) is 12.1 Å². The van der Waals surface area contributed by atoms with Gasteiger partial charge in [-0.3, -0.25) is 0 Å². The molecule has 1 fully saturated rings. The summed E-state index contributed by atoms with van der Waals surface area (Å²) < 4.78 is 11.2. The lowest BCUT2D eigenvalue weighted by Gasteiger charge is -2.23. The largest absolute Gasteiger partial charge is 0.465 e. The predicted octanol–water partition coefficient (Wildman–Crippen LogP) is 2.61. The second-order valence-electron chi connectivity index (χ2n) is 4.27. The average Bonchev–Trinajstić information content (AvgIpc) is 2.31. The number of hydrogen-bond donors (Lipinski definition) is 1. The molecular weight excluding hydrogens is 202 g/mol. The zero-order valence-corrected chi connectivity index (χ0v) is 9.69. The van der Waals surface area contributed by atoms with Crippen molar-refractivity contribution in [2.75, 3.05) is 6.61 Å². The van der Waals surface area contributed by atoms with Crippen LogP contribution < -0.4 is 10.5 Å². The molecule has 0 bridgehead atoms. The van der Waals surface area contributed by atoms with Crippen LogP contribution in [0.4, 0.5) is 0 Å². The molecule has 0 spiro atoms. The summed E-state index contributed by atoms with van der Waals surface area (Å²) in [6.07, 6.45) is 3.23. The minimum atomic E-state index is -0.0742. The third-order valence-electron chi connectivity index (χ3n) is 2.81. The Morgan fingerprint density at radius 3 is 2.62 bits per heavy atom. The number of benzene rings is 1. The van der Waals surface area contributed by atoms with E-state index in [4.69, 9.17) is 15.2 Å². The molecule has 1 aliphatic rings. The first-order valence-electron chi connectivity index (χ1n) is 5.89. The van der Waals surface area contributed by atoms with Gasteiger partial charge >= 0.3 is 0 Å². The van der Waals surface area contributed by atoms with Crippen LogP contribution in [-0.4, -0.2) is 12.9 Å². The van der Waals surface area contributed by atoms with Gasteiger partial charge < -0.3 is 15.2 Å². The van der Waals surface area contributed by atoms with Gasteiger partial charge in [0.05, 0.1) is 6.61 Å². The second kappa shape index (κ2) is 5.32. The predicted molar refractivity (Wildman–Crippen MR) is 63.3 cm³/mol. The van der Waals surface area contributed by atoms with Crippen molar-refractivity contribution in [1.29, 1.82) is 0 Å². The molecule has 1 aliphatic heterocycles. The zero-order valence-electron chi connectivity index (χ0n) is 9.69. The van der Waals surface area contributed by atoms with Crippen molar-refractivity contribution in [2.24, 2.45) is 5.73 Å². The summed E-state index contributed by atoms with van der Waals surface area (Å²) in [7, 11) is 0. The van der Waals surface area contributed by atoms with Crippen molar-refractivity contribution < 1.29 is 9.47 Å². The molecule has 1 heterocycles. The molecule has 16 heavy (non-hydrogen) atoms. The summed E-state index contributed by atoms with van der Waals surface area (Å²) in [5.41, 5.74) is 6.90. The van der Waals surface area contributed by atoms with Gasteiger partial charge in [0.25, 0.3) is 0 Å². The first-order chi connectivity index (χ1) is 7.75. The Morgan fingerprint density at radius 2 is 2.06 bits per heavy atom. The zero-order chi connectivity index (χ0) is 11.4. The van der Waals surface area contributed by atoms with E-state index < -0.39 is 0 Å². The van der Waals surface area contributed by atoms with Crippen LogP contribution in [0, 0.1) is 0 Å². The van der Waals surface area contributed by atoms with Crippen molar-refractivity contribution in [1.82, 2.24) is 0 Å². The molecule has 3 nitrogen and oxygen atoms in total. The Morgan fingerprint density at radius 1 is 1.31 bits per heavy atom. The molecule has 2 rings (SSSR count). The summed E-state index contributed by atoms with van der Waals surface area (Å²) in [5.74, 6) is 0.858.